The minimum atomic E-state index is 1.10. The lowest BCUT2D eigenvalue weighted by molar-refractivity contribution is 0.558. The van der Waals surface area contributed by atoms with Crippen LogP contribution in [0.4, 0.5) is 0 Å². The molecule has 0 aliphatic carbocycles. The Bertz CT molecular complexity index is 623. The van der Waals surface area contributed by atoms with E-state index in [0.717, 1.165) is 23.9 Å². The second-order valence-corrected chi connectivity index (χ2v) is 10.2. The van der Waals surface area contributed by atoms with Gasteiger partial charge in [0, 0.05) is 10.8 Å². The lowest BCUT2D eigenvalue weighted by atomic mass is 10.0. The maximum atomic E-state index is 5.01. The smallest absolute Gasteiger partial charge is 0.0997 e. The zero-order chi connectivity index (χ0) is 22.0. The maximum absolute atomic E-state index is 5.01. The predicted octanol–water partition coefficient (Wildman–Crippen LogP) is 9.84. The summed E-state index contributed by atoms with van der Waals surface area (Å²) in [6.45, 7) is 4.58. The van der Waals surface area contributed by atoms with Gasteiger partial charge in [-0.05, 0) is 25.7 Å². The fourth-order valence-corrected chi connectivity index (χ4v) is 5.15. The van der Waals surface area contributed by atoms with Crippen LogP contribution in [0.5, 0.6) is 0 Å². The molecule has 31 heavy (non-hydrogen) atoms. The van der Waals surface area contributed by atoms with Crippen molar-refractivity contribution in [3.05, 3.63) is 22.1 Å². The molecule has 2 nitrogen and oxygen atoms in total. The second kappa shape index (κ2) is 17.6. The fourth-order valence-electron chi connectivity index (χ4n) is 4.48. The van der Waals surface area contributed by atoms with E-state index < -0.39 is 0 Å². The van der Waals surface area contributed by atoms with Crippen LogP contribution < -0.4 is 0 Å². The highest BCUT2D eigenvalue weighted by Gasteiger charge is 2.09. The molecule has 0 aromatic carbocycles. The van der Waals surface area contributed by atoms with Gasteiger partial charge in [-0.15, -0.1) is 11.3 Å². The number of aryl methyl sites for hydroxylation is 2. The van der Waals surface area contributed by atoms with Gasteiger partial charge in [0.05, 0.1) is 22.4 Å². The van der Waals surface area contributed by atoms with E-state index in [1.54, 1.807) is 11.3 Å². The van der Waals surface area contributed by atoms with E-state index in [1.807, 2.05) is 0 Å². The number of nitrogens with zero attached hydrogens (tertiary/aromatic N) is 2. The van der Waals surface area contributed by atoms with Crippen LogP contribution in [0.2, 0.25) is 0 Å². The molecular weight excluding hydrogens is 396 g/mol. The van der Waals surface area contributed by atoms with Gasteiger partial charge >= 0.3 is 0 Å². The Kier molecular flexibility index (Phi) is 14.9. The lowest BCUT2D eigenvalue weighted by Crippen LogP contribution is -2.02. The molecule has 176 valence electrons. The van der Waals surface area contributed by atoms with E-state index in [4.69, 9.17) is 9.97 Å². The highest BCUT2D eigenvalue weighted by molar-refractivity contribution is 7.09. The van der Waals surface area contributed by atoms with Crippen LogP contribution in [-0.2, 0) is 12.8 Å². The predicted molar refractivity (Wildman–Crippen MR) is 139 cm³/mol. The largest absolute Gasteiger partial charge is 0.248 e. The number of hydrogen-bond acceptors (Lipinski definition) is 3. The first kappa shape index (κ1) is 26.3. The van der Waals surface area contributed by atoms with Crippen molar-refractivity contribution in [3.8, 4) is 0 Å². The Morgan fingerprint density at radius 2 is 0.806 bits per heavy atom. The van der Waals surface area contributed by atoms with Gasteiger partial charge in [0.1, 0.15) is 0 Å². The average Bonchev–Trinajstić information content (AvgIpc) is 3.24. The van der Waals surface area contributed by atoms with Crippen LogP contribution >= 0.6 is 11.3 Å². The first-order valence-electron chi connectivity index (χ1n) is 13.6. The standard InChI is InChI=1S/C28H48N2S/c1-3-5-7-9-11-13-15-17-19-21-25-26(30-28-24-31-23-27(28)29-25)22-20-18-16-14-12-10-8-6-4-2/h23-24H,3-22H2,1-2H3. The number of hydrogen-bond donors (Lipinski definition) is 0. The summed E-state index contributed by atoms with van der Waals surface area (Å²) in [6, 6.07) is 0. The van der Waals surface area contributed by atoms with Gasteiger partial charge in [0.25, 0.3) is 0 Å². The third-order valence-corrected chi connectivity index (χ3v) is 7.22. The molecule has 0 aliphatic heterocycles. The third kappa shape index (κ3) is 11.5. The molecule has 2 aromatic heterocycles. The Hall–Kier alpha value is -0.960. The maximum Gasteiger partial charge on any atom is 0.0997 e. The van der Waals surface area contributed by atoms with Crippen LogP contribution in [0, 0.1) is 0 Å². The first-order valence-corrected chi connectivity index (χ1v) is 14.5. The van der Waals surface area contributed by atoms with Gasteiger partial charge in [-0.2, -0.15) is 0 Å². The minimum absolute atomic E-state index is 1.10. The Balaban J connectivity index is 1.67. The van der Waals surface area contributed by atoms with Gasteiger partial charge < -0.3 is 0 Å². The summed E-state index contributed by atoms with van der Waals surface area (Å²) in [5.74, 6) is 0. The molecule has 0 unspecified atom stereocenters. The molecule has 0 fully saturated rings. The van der Waals surface area contributed by atoms with Crippen molar-refractivity contribution in [2.75, 3.05) is 0 Å². The molecule has 0 amide bonds. The average molecular weight is 445 g/mol. The zero-order valence-electron chi connectivity index (χ0n) is 20.6. The quantitative estimate of drug-likeness (QED) is 0.190. The summed E-state index contributed by atoms with van der Waals surface area (Å²) in [7, 11) is 0. The van der Waals surface area contributed by atoms with Gasteiger partial charge in [-0.25, -0.2) is 9.97 Å². The van der Waals surface area contributed by atoms with E-state index in [1.165, 1.54) is 127 Å². The number of fused-ring (bicyclic) bond motifs is 1. The summed E-state index contributed by atoms with van der Waals surface area (Å²) < 4.78 is 0. The SMILES string of the molecule is CCCCCCCCCCCc1nc2cscc2nc1CCCCCCCCCCC. The first-order chi connectivity index (χ1) is 15.3. The van der Waals surface area contributed by atoms with Crippen LogP contribution in [-0.4, -0.2) is 9.97 Å². The summed E-state index contributed by atoms with van der Waals surface area (Å²) in [5, 5.41) is 4.31. The molecule has 0 bridgehead atoms. The van der Waals surface area contributed by atoms with Gasteiger partial charge in [-0.3, -0.25) is 0 Å². The highest BCUT2D eigenvalue weighted by Crippen LogP contribution is 2.21. The third-order valence-electron chi connectivity index (χ3n) is 6.50. The van der Waals surface area contributed by atoms with Crippen molar-refractivity contribution in [1.29, 1.82) is 0 Å². The molecule has 2 heterocycles. The Morgan fingerprint density at radius 1 is 0.484 bits per heavy atom. The van der Waals surface area contributed by atoms with Gasteiger partial charge in [0.15, 0.2) is 0 Å². The fraction of sp³-hybridized carbons (Fsp3) is 0.786. The van der Waals surface area contributed by atoms with Crippen molar-refractivity contribution in [2.45, 2.75) is 142 Å². The zero-order valence-corrected chi connectivity index (χ0v) is 21.4. The van der Waals surface area contributed by atoms with Crippen molar-refractivity contribution < 1.29 is 0 Å². The number of unbranched alkanes of at least 4 members (excludes halogenated alkanes) is 16. The molecule has 3 heteroatoms. The number of thiophene rings is 1. The molecule has 2 aromatic rings. The summed E-state index contributed by atoms with van der Waals surface area (Å²) in [5.41, 5.74) is 4.78. The molecule has 0 N–H and O–H groups in total. The molecular formula is C28H48N2S. The van der Waals surface area contributed by atoms with E-state index in [-0.39, 0.29) is 0 Å². The van der Waals surface area contributed by atoms with E-state index >= 15 is 0 Å². The molecule has 2 rings (SSSR count). The monoisotopic (exact) mass is 444 g/mol. The molecule has 0 radical (unpaired) electrons. The van der Waals surface area contributed by atoms with Crippen LogP contribution in [0.15, 0.2) is 10.8 Å². The van der Waals surface area contributed by atoms with E-state index in [2.05, 4.69) is 24.6 Å². The number of aromatic nitrogens is 2. The molecule has 0 saturated carbocycles. The van der Waals surface area contributed by atoms with Crippen molar-refractivity contribution in [3.63, 3.8) is 0 Å². The van der Waals surface area contributed by atoms with E-state index in [9.17, 15) is 0 Å². The topological polar surface area (TPSA) is 25.8 Å². The van der Waals surface area contributed by atoms with Crippen LogP contribution in [0.1, 0.15) is 141 Å². The molecule has 0 spiro atoms. The molecule has 0 atom stereocenters. The number of rotatable bonds is 20. The Morgan fingerprint density at radius 3 is 1.16 bits per heavy atom. The minimum Gasteiger partial charge on any atom is -0.248 e. The highest BCUT2D eigenvalue weighted by atomic mass is 32.1. The molecule has 0 aliphatic rings. The second-order valence-electron chi connectivity index (χ2n) is 9.42. The van der Waals surface area contributed by atoms with Crippen molar-refractivity contribution in [1.82, 2.24) is 9.97 Å². The summed E-state index contributed by atoms with van der Waals surface area (Å²) >= 11 is 1.73. The van der Waals surface area contributed by atoms with Crippen LogP contribution in [0.3, 0.4) is 0 Å². The van der Waals surface area contributed by atoms with Crippen molar-refractivity contribution >= 4 is 22.4 Å². The summed E-state index contributed by atoms with van der Waals surface area (Å²) in [4.78, 5) is 10.0. The van der Waals surface area contributed by atoms with Gasteiger partial charge in [-0.1, -0.05) is 117 Å². The van der Waals surface area contributed by atoms with Crippen LogP contribution in [0.25, 0.3) is 11.0 Å². The van der Waals surface area contributed by atoms with Gasteiger partial charge in [0.2, 0.25) is 0 Å². The van der Waals surface area contributed by atoms with E-state index in [0.29, 0.717) is 0 Å². The Labute approximate surface area is 196 Å². The molecule has 0 saturated heterocycles. The summed E-state index contributed by atoms with van der Waals surface area (Å²) in [6.07, 6.45) is 27.1. The normalized spacial score (nSPS) is 11.5. The lowest BCUT2D eigenvalue weighted by Gasteiger charge is -2.09. The van der Waals surface area contributed by atoms with Crippen molar-refractivity contribution in [2.24, 2.45) is 0 Å².